The normalized spacial score (nSPS) is 14.3. The van der Waals surface area contributed by atoms with Crippen molar-refractivity contribution in [1.29, 1.82) is 5.41 Å². The Morgan fingerprint density at radius 1 is 1.30 bits per heavy atom. The fraction of sp³-hybridized carbons (Fsp3) is 0.733. The van der Waals surface area contributed by atoms with Gasteiger partial charge in [0.2, 0.25) is 0 Å². The van der Waals surface area contributed by atoms with Gasteiger partial charge in [-0.2, -0.15) is 0 Å². The molecule has 20 heavy (non-hydrogen) atoms. The van der Waals surface area contributed by atoms with Gasteiger partial charge in [-0.05, 0) is 39.5 Å². The van der Waals surface area contributed by atoms with Gasteiger partial charge in [0.25, 0.3) is 0 Å². The first kappa shape index (κ1) is 18.6. The Morgan fingerprint density at radius 2 is 1.85 bits per heavy atom. The number of carbonyl (C=O) groups is 2. The average Bonchev–Trinajstić information content (AvgIpc) is 2.35. The summed E-state index contributed by atoms with van der Waals surface area (Å²) in [4.78, 5) is 23.3. The second-order valence-corrected chi connectivity index (χ2v) is 5.76. The first-order valence-electron chi connectivity index (χ1n) is 6.84. The lowest BCUT2D eigenvalue weighted by Gasteiger charge is -2.26. The summed E-state index contributed by atoms with van der Waals surface area (Å²) in [5.41, 5.74) is -0.732. The van der Waals surface area contributed by atoms with Gasteiger partial charge in [-0.1, -0.05) is 13.8 Å². The summed E-state index contributed by atoms with van der Waals surface area (Å²) in [5, 5.41) is 8.01. The van der Waals surface area contributed by atoms with Gasteiger partial charge in [-0.3, -0.25) is 10.2 Å². The number of carbonyl (C=O) groups excluding carboxylic acids is 2. The molecule has 1 radical (unpaired) electrons. The Bertz CT molecular complexity index is 357. The second-order valence-electron chi connectivity index (χ2n) is 5.76. The van der Waals surface area contributed by atoms with Crippen LogP contribution in [0.15, 0.2) is 0 Å². The van der Waals surface area contributed by atoms with E-state index in [-0.39, 0.29) is 29.9 Å². The molecule has 0 spiro atoms. The largest absolute Gasteiger partial charge is 0.469 e. The number of methoxy groups -OCH3 is 1. The lowest BCUT2D eigenvalue weighted by Crippen LogP contribution is -2.35. The van der Waals surface area contributed by atoms with Crippen molar-refractivity contribution in [2.45, 2.75) is 52.6 Å². The van der Waals surface area contributed by atoms with Crippen LogP contribution in [0.5, 0.6) is 0 Å². The standard InChI is InChI=1S/C15H26NO4/c1-7-10(9-12(17)19-6)11(8-2)13(16)14(18)20-15(3,4)5/h10-11,16H,1,7-9H2,2-6H3/t10?,11-/m0/s1. The molecular weight excluding hydrogens is 258 g/mol. The van der Waals surface area contributed by atoms with Crippen LogP contribution in [0.3, 0.4) is 0 Å². The highest BCUT2D eigenvalue weighted by atomic mass is 16.6. The topological polar surface area (TPSA) is 76.5 Å². The van der Waals surface area contributed by atoms with E-state index in [2.05, 4.69) is 11.7 Å². The molecule has 0 aromatic rings. The molecule has 0 bridgehead atoms. The highest BCUT2D eigenvalue weighted by Crippen LogP contribution is 2.25. The van der Waals surface area contributed by atoms with Crippen molar-refractivity contribution in [2.24, 2.45) is 11.8 Å². The third kappa shape index (κ3) is 6.17. The van der Waals surface area contributed by atoms with Crippen LogP contribution in [-0.2, 0) is 19.1 Å². The van der Waals surface area contributed by atoms with Crippen molar-refractivity contribution in [1.82, 2.24) is 0 Å². The first-order chi connectivity index (χ1) is 9.16. The van der Waals surface area contributed by atoms with E-state index < -0.39 is 11.6 Å². The van der Waals surface area contributed by atoms with Crippen LogP contribution in [0, 0.1) is 24.2 Å². The maximum Gasteiger partial charge on any atom is 0.352 e. The van der Waals surface area contributed by atoms with Crippen LogP contribution < -0.4 is 0 Å². The molecule has 2 atom stereocenters. The van der Waals surface area contributed by atoms with Gasteiger partial charge in [0.05, 0.1) is 7.11 Å². The van der Waals surface area contributed by atoms with E-state index in [0.29, 0.717) is 12.8 Å². The molecule has 0 amide bonds. The second kappa shape index (κ2) is 8.02. The van der Waals surface area contributed by atoms with Gasteiger partial charge in [0.1, 0.15) is 11.3 Å². The SMILES string of the molecule is [CH2]CC(CC(=O)OC)[C@H](CC)C(=N)C(=O)OC(C)(C)C. The Kier molecular flexibility index (Phi) is 7.46. The fourth-order valence-electron chi connectivity index (χ4n) is 2.00. The van der Waals surface area contributed by atoms with Crippen molar-refractivity contribution in [3.63, 3.8) is 0 Å². The Hall–Kier alpha value is -1.39. The van der Waals surface area contributed by atoms with Crippen LogP contribution in [-0.4, -0.2) is 30.4 Å². The van der Waals surface area contributed by atoms with E-state index in [0.717, 1.165) is 0 Å². The Morgan fingerprint density at radius 3 is 2.20 bits per heavy atom. The minimum atomic E-state index is -0.635. The summed E-state index contributed by atoms with van der Waals surface area (Å²) in [5.74, 6) is -1.52. The summed E-state index contributed by atoms with van der Waals surface area (Å²) in [6.45, 7) is 10.9. The summed E-state index contributed by atoms with van der Waals surface area (Å²) >= 11 is 0. The molecule has 0 aromatic carbocycles. The predicted molar refractivity (Wildman–Crippen MR) is 77.4 cm³/mol. The number of nitrogens with one attached hydrogen (secondary N) is 1. The molecule has 1 unspecified atom stereocenters. The van der Waals surface area contributed by atoms with Crippen LogP contribution in [0.2, 0.25) is 0 Å². The average molecular weight is 284 g/mol. The summed E-state index contributed by atoms with van der Waals surface area (Å²) in [6.07, 6.45) is 1.19. The van der Waals surface area contributed by atoms with E-state index in [4.69, 9.17) is 10.1 Å². The first-order valence-corrected chi connectivity index (χ1v) is 6.84. The summed E-state index contributed by atoms with van der Waals surface area (Å²) in [6, 6.07) is 0. The zero-order chi connectivity index (χ0) is 15.9. The molecule has 0 fully saturated rings. The molecule has 5 heteroatoms. The maximum absolute atomic E-state index is 12.0. The Labute approximate surface area is 121 Å². The van der Waals surface area contributed by atoms with Crippen molar-refractivity contribution in [2.75, 3.05) is 7.11 Å². The van der Waals surface area contributed by atoms with Crippen LogP contribution in [0.4, 0.5) is 0 Å². The van der Waals surface area contributed by atoms with Crippen LogP contribution >= 0.6 is 0 Å². The molecule has 0 aromatic heterocycles. The minimum absolute atomic E-state index is 0.0972. The molecule has 0 heterocycles. The Balaban J connectivity index is 4.90. The molecule has 0 saturated heterocycles. The molecule has 0 aliphatic carbocycles. The number of ether oxygens (including phenoxy) is 2. The van der Waals surface area contributed by atoms with Gasteiger partial charge in [-0.25, -0.2) is 4.79 Å². The highest BCUT2D eigenvalue weighted by molar-refractivity contribution is 6.36. The fourth-order valence-corrected chi connectivity index (χ4v) is 2.00. The molecule has 1 N–H and O–H groups in total. The van der Waals surface area contributed by atoms with E-state index in [1.54, 1.807) is 20.8 Å². The quantitative estimate of drug-likeness (QED) is 0.576. The van der Waals surface area contributed by atoms with Crippen LogP contribution in [0.25, 0.3) is 0 Å². The van der Waals surface area contributed by atoms with E-state index >= 15 is 0 Å². The van der Waals surface area contributed by atoms with Crippen LogP contribution in [0.1, 0.15) is 47.0 Å². The van der Waals surface area contributed by atoms with Crippen molar-refractivity contribution >= 4 is 17.7 Å². The van der Waals surface area contributed by atoms with Crippen molar-refractivity contribution in [3.05, 3.63) is 6.92 Å². The lowest BCUT2D eigenvalue weighted by atomic mass is 9.82. The zero-order valence-electron chi connectivity index (χ0n) is 13.1. The third-order valence-corrected chi connectivity index (χ3v) is 3.03. The number of rotatable bonds is 7. The minimum Gasteiger partial charge on any atom is -0.469 e. The summed E-state index contributed by atoms with van der Waals surface area (Å²) in [7, 11) is 1.32. The van der Waals surface area contributed by atoms with Gasteiger partial charge in [0, 0.05) is 12.3 Å². The van der Waals surface area contributed by atoms with E-state index in [1.807, 2.05) is 6.92 Å². The molecule has 115 valence electrons. The summed E-state index contributed by atoms with van der Waals surface area (Å²) < 4.78 is 9.85. The molecule has 5 nitrogen and oxygen atoms in total. The monoisotopic (exact) mass is 284 g/mol. The molecule has 0 rings (SSSR count). The van der Waals surface area contributed by atoms with Crippen molar-refractivity contribution < 1.29 is 19.1 Å². The van der Waals surface area contributed by atoms with E-state index in [9.17, 15) is 9.59 Å². The lowest BCUT2D eigenvalue weighted by molar-refractivity contribution is -0.147. The van der Waals surface area contributed by atoms with E-state index in [1.165, 1.54) is 7.11 Å². The molecule has 0 aliphatic heterocycles. The third-order valence-electron chi connectivity index (χ3n) is 3.03. The maximum atomic E-state index is 12.0. The van der Waals surface area contributed by atoms with Crippen molar-refractivity contribution in [3.8, 4) is 0 Å². The highest BCUT2D eigenvalue weighted by Gasteiger charge is 2.31. The predicted octanol–water partition coefficient (Wildman–Crippen LogP) is 2.78. The molecular formula is C15H26NO4. The number of hydrogen-bond donors (Lipinski definition) is 1. The smallest absolute Gasteiger partial charge is 0.352 e. The zero-order valence-corrected chi connectivity index (χ0v) is 13.1. The number of esters is 2. The number of hydrogen-bond acceptors (Lipinski definition) is 5. The van der Waals surface area contributed by atoms with Gasteiger partial charge >= 0.3 is 11.9 Å². The van der Waals surface area contributed by atoms with Gasteiger partial charge < -0.3 is 9.47 Å². The van der Waals surface area contributed by atoms with Gasteiger partial charge in [-0.15, -0.1) is 0 Å². The van der Waals surface area contributed by atoms with Gasteiger partial charge in [0.15, 0.2) is 0 Å². The molecule has 0 saturated carbocycles. The molecule has 0 aliphatic rings.